The Morgan fingerprint density at radius 1 is 1.24 bits per heavy atom. The van der Waals surface area contributed by atoms with Crippen molar-refractivity contribution in [3.63, 3.8) is 0 Å². The van der Waals surface area contributed by atoms with Crippen molar-refractivity contribution in [2.75, 3.05) is 0 Å². The number of benzene rings is 1. The van der Waals surface area contributed by atoms with Crippen LogP contribution in [0.15, 0.2) is 42.6 Å². The maximum Gasteiger partial charge on any atom is 0.121 e. The van der Waals surface area contributed by atoms with E-state index in [9.17, 15) is 5.11 Å². The maximum atomic E-state index is 10.3. The van der Waals surface area contributed by atoms with E-state index in [1.165, 1.54) is 0 Å². The van der Waals surface area contributed by atoms with Gasteiger partial charge in [0, 0.05) is 12.7 Å². The molecule has 2 rings (SSSR count). The highest BCUT2D eigenvalue weighted by Crippen LogP contribution is 2.21. The Labute approximate surface area is 102 Å². The summed E-state index contributed by atoms with van der Waals surface area (Å²) in [6, 6.07) is 11.6. The zero-order valence-corrected chi connectivity index (χ0v) is 10.1. The van der Waals surface area contributed by atoms with Crippen LogP contribution in [0.25, 0.3) is 0 Å². The van der Waals surface area contributed by atoms with Gasteiger partial charge in [0.2, 0.25) is 0 Å². The van der Waals surface area contributed by atoms with Crippen molar-refractivity contribution in [1.29, 1.82) is 0 Å². The lowest BCUT2D eigenvalue weighted by Gasteiger charge is -2.13. The number of hydrogen-bond acceptors (Lipinski definition) is 2. The van der Waals surface area contributed by atoms with Crippen molar-refractivity contribution in [2.45, 2.75) is 32.4 Å². The van der Waals surface area contributed by atoms with Crippen molar-refractivity contribution in [3.05, 3.63) is 53.9 Å². The minimum absolute atomic E-state index is 0.587. The molecule has 1 N–H and O–H groups in total. The second-order valence-electron chi connectivity index (χ2n) is 4.15. The molecular weight excluding hydrogens is 212 g/mol. The number of nitrogens with zero attached hydrogens (tertiary/aromatic N) is 2. The molecule has 0 aliphatic rings. The van der Waals surface area contributed by atoms with E-state index >= 15 is 0 Å². The molecule has 1 aromatic heterocycles. The van der Waals surface area contributed by atoms with Crippen LogP contribution in [-0.4, -0.2) is 14.9 Å². The van der Waals surface area contributed by atoms with Crippen LogP contribution >= 0.6 is 0 Å². The van der Waals surface area contributed by atoms with Gasteiger partial charge in [-0.05, 0) is 18.1 Å². The molecule has 1 unspecified atom stereocenters. The Morgan fingerprint density at radius 2 is 2.00 bits per heavy atom. The lowest BCUT2D eigenvalue weighted by atomic mass is 10.1. The predicted octanol–water partition coefficient (Wildman–Crippen LogP) is 2.76. The van der Waals surface area contributed by atoms with E-state index in [2.05, 4.69) is 12.0 Å². The molecule has 1 heterocycles. The van der Waals surface area contributed by atoms with Crippen molar-refractivity contribution >= 4 is 0 Å². The highest BCUT2D eigenvalue weighted by Gasteiger charge is 2.14. The monoisotopic (exact) mass is 230 g/mol. The van der Waals surface area contributed by atoms with Gasteiger partial charge in [-0.25, -0.2) is 0 Å². The van der Waals surface area contributed by atoms with E-state index in [0.29, 0.717) is 0 Å². The molecule has 0 saturated carbocycles. The summed E-state index contributed by atoms with van der Waals surface area (Å²) in [5, 5.41) is 14.6. The summed E-state index contributed by atoms with van der Waals surface area (Å²) in [5.41, 5.74) is 1.77. The van der Waals surface area contributed by atoms with Gasteiger partial charge in [0.25, 0.3) is 0 Å². The topological polar surface area (TPSA) is 38.0 Å². The first kappa shape index (κ1) is 11.9. The molecular formula is C14H18N2O. The molecule has 1 atom stereocenters. The van der Waals surface area contributed by atoms with Gasteiger partial charge >= 0.3 is 0 Å². The summed E-state index contributed by atoms with van der Waals surface area (Å²) in [5.74, 6) is 0. The van der Waals surface area contributed by atoms with E-state index in [1.54, 1.807) is 6.20 Å². The Kier molecular flexibility index (Phi) is 3.94. The van der Waals surface area contributed by atoms with Gasteiger partial charge in [0.1, 0.15) is 6.10 Å². The van der Waals surface area contributed by atoms with E-state index in [4.69, 9.17) is 0 Å². The second kappa shape index (κ2) is 5.64. The third kappa shape index (κ3) is 2.74. The molecule has 1 aromatic carbocycles. The summed E-state index contributed by atoms with van der Waals surface area (Å²) in [6.07, 6.45) is 3.37. The third-order valence-corrected chi connectivity index (χ3v) is 2.87. The van der Waals surface area contributed by atoms with Crippen LogP contribution in [0.1, 0.15) is 37.1 Å². The minimum Gasteiger partial charge on any atom is -0.382 e. The van der Waals surface area contributed by atoms with E-state index < -0.39 is 6.10 Å². The quantitative estimate of drug-likeness (QED) is 0.857. The molecule has 0 aliphatic heterocycles. The highest BCUT2D eigenvalue weighted by atomic mass is 16.3. The summed E-state index contributed by atoms with van der Waals surface area (Å²) in [7, 11) is 0. The fourth-order valence-electron chi connectivity index (χ4n) is 1.88. The first-order chi connectivity index (χ1) is 8.33. The number of unbranched alkanes of at least 4 members (excludes halogenated alkanes) is 1. The number of aliphatic hydroxyl groups is 1. The number of aliphatic hydroxyl groups excluding tert-OH is 1. The molecule has 0 bridgehead atoms. The van der Waals surface area contributed by atoms with Gasteiger partial charge in [-0.3, -0.25) is 4.68 Å². The number of aryl methyl sites for hydroxylation is 1. The number of rotatable bonds is 5. The van der Waals surface area contributed by atoms with Crippen LogP contribution in [0.4, 0.5) is 0 Å². The van der Waals surface area contributed by atoms with Crippen molar-refractivity contribution < 1.29 is 5.11 Å². The normalized spacial score (nSPS) is 12.6. The third-order valence-electron chi connectivity index (χ3n) is 2.87. The van der Waals surface area contributed by atoms with E-state index in [-0.39, 0.29) is 0 Å². The average Bonchev–Trinajstić information content (AvgIpc) is 2.84. The minimum atomic E-state index is -0.587. The molecule has 17 heavy (non-hydrogen) atoms. The average molecular weight is 230 g/mol. The van der Waals surface area contributed by atoms with Gasteiger partial charge in [0.15, 0.2) is 0 Å². The van der Waals surface area contributed by atoms with Gasteiger partial charge in [0.05, 0.1) is 5.69 Å². The van der Waals surface area contributed by atoms with Crippen LogP contribution in [0.3, 0.4) is 0 Å². The van der Waals surface area contributed by atoms with E-state index in [1.807, 2.05) is 41.1 Å². The fraction of sp³-hybridized carbons (Fsp3) is 0.357. The number of hydrogen-bond donors (Lipinski definition) is 1. The summed E-state index contributed by atoms with van der Waals surface area (Å²) >= 11 is 0. The molecule has 3 nitrogen and oxygen atoms in total. The van der Waals surface area contributed by atoms with Gasteiger partial charge in [-0.2, -0.15) is 5.10 Å². The second-order valence-corrected chi connectivity index (χ2v) is 4.15. The first-order valence-corrected chi connectivity index (χ1v) is 6.07. The van der Waals surface area contributed by atoms with Crippen LogP contribution in [0.2, 0.25) is 0 Å². The van der Waals surface area contributed by atoms with Crippen LogP contribution in [0.5, 0.6) is 0 Å². The maximum absolute atomic E-state index is 10.3. The molecule has 90 valence electrons. The Bertz CT molecular complexity index is 450. The Hall–Kier alpha value is -1.61. The number of aromatic nitrogens is 2. The first-order valence-electron chi connectivity index (χ1n) is 6.07. The van der Waals surface area contributed by atoms with Crippen molar-refractivity contribution in [3.8, 4) is 0 Å². The zero-order valence-electron chi connectivity index (χ0n) is 10.1. The summed E-state index contributed by atoms with van der Waals surface area (Å²) in [4.78, 5) is 0. The molecule has 2 aromatic rings. The zero-order chi connectivity index (χ0) is 12.1. The van der Waals surface area contributed by atoms with Gasteiger partial charge < -0.3 is 5.11 Å². The lowest BCUT2D eigenvalue weighted by molar-refractivity contribution is 0.207. The Balaban J connectivity index is 2.19. The van der Waals surface area contributed by atoms with Crippen molar-refractivity contribution in [1.82, 2.24) is 9.78 Å². The molecule has 0 fully saturated rings. The lowest BCUT2D eigenvalue weighted by Crippen LogP contribution is -2.10. The van der Waals surface area contributed by atoms with Crippen molar-refractivity contribution in [2.24, 2.45) is 0 Å². The van der Waals surface area contributed by atoms with E-state index in [0.717, 1.165) is 30.6 Å². The molecule has 0 saturated heterocycles. The van der Waals surface area contributed by atoms with Crippen LogP contribution in [0, 0.1) is 0 Å². The SMILES string of the molecule is CCCCn1nccc1C(O)c1ccccc1. The predicted molar refractivity (Wildman–Crippen MR) is 67.6 cm³/mol. The molecule has 0 aliphatic carbocycles. The Morgan fingerprint density at radius 3 is 2.71 bits per heavy atom. The molecule has 0 amide bonds. The molecule has 0 spiro atoms. The smallest absolute Gasteiger partial charge is 0.121 e. The summed E-state index contributed by atoms with van der Waals surface area (Å²) in [6.45, 7) is 3.01. The van der Waals surface area contributed by atoms with Gasteiger partial charge in [-0.15, -0.1) is 0 Å². The largest absolute Gasteiger partial charge is 0.382 e. The highest BCUT2D eigenvalue weighted by molar-refractivity contribution is 5.25. The standard InChI is InChI=1S/C14H18N2O/c1-2-3-11-16-13(9-10-15-16)14(17)12-7-5-4-6-8-12/h4-10,14,17H,2-3,11H2,1H3. The van der Waals surface area contributed by atoms with Crippen LogP contribution in [-0.2, 0) is 6.54 Å². The molecule has 0 radical (unpaired) electrons. The molecule has 3 heteroatoms. The van der Waals surface area contributed by atoms with Crippen LogP contribution < -0.4 is 0 Å². The fourth-order valence-corrected chi connectivity index (χ4v) is 1.88. The van der Waals surface area contributed by atoms with Gasteiger partial charge in [-0.1, -0.05) is 43.7 Å². The summed E-state index contributed by atoms with van der Waals surface area (Å²) < 4.78 is 1.89.